The van der Waals surface area contributed by atoms with Gasteiger partial charge in [-0.3, -0.25) is 5.10 Å². The number of anilines is 3. The van der Waals surface area contributed by atoms with Crippen LogP contribution in [0.15, 0.2) is 42.6 Å². The largest absolute Gasteiger partial charge is 0.360 e. The molecular weight excluding hydrogens is 476 g/mol. The third-order valence-corrected chi connectivity index (χ3v) is 5.38. The van der Waals surface area contributed by atoms with Crippen LogP contribution in [0.25, 0.3) is 22.2 Å². The Bertz CT molecular complexity index is 1410. The van der Waals surface area contributed by atoms with Gasteiger partial charge in [0.25, 0.3) is 5.95 Å². The molecule has 180 valence electrons. The summed E-state index contributed by atoms with van der Waals surface area (Å²) in [6, 6.07) is 8.77. The van der Waals surface area contributed by atoms with E-state index < -0.39 is 18.1 Å². The van der Waals surface area contributed by atoms with Gasteiger partial charge in [-0.15, -0.1) is 0 Å². The first-order valence-electron chi connectivity index (χ1n) is 10.1. The minimum atomic E-state index is -1.06. The van der Waals surface area contributed by atoms with Crippen LogP contribution in [0.1, 0.15) is 18.7 Å². The number of carbonyl (C=O) groups excluding carboxylic acids is 2. The van der Waals surface area contributed by atoms with Crippen molar-refractivity contribution in [3.8, 4) is 11.3 Å². The highest BCUT2D eigenvalue weighted by molar-refractivity contribution is 6.35. The van der Waals surface area contributed by atoms with Gasteiger partial charge in [-0.2, -0.15) is 20.1 Å². The Morgan fingerprint density at radius 3 is 2.43 bits per heavy atom. The van der Waals surface area contributed by atoms with Gasteiger partial charge in [-0.05, 0) is 25.1 Å². The molecule has 1 atom stereocenters. The Morgan fingerprint density at radius 2 is 1.77 bits per heavy atom. The molecule has 3 heterocycles. The second kappa shape index (κ2) is 9.38. The van der Waals surface area contributed by atoms with Crippen LogP contribution in [0.5, 0.6) is 0 Å². The lowest BCUT2D eigenvalue weighted by Gasteiger charge is -2.22. The number of H-pyrrole nitrogens is 1. The van der Waals surface area contributed by atoms with Crippen molar-refractivity contribution in [1.29, 1.82) is 0 Å². The minimum absolute atomic E-state index is 0.00416. The summed E-state index contributed by atoms with van der Waals surface area (Å²) in [4.78, 5) is 36.2. The van der Waals surface area contributed by atoms with Crippen molar-refractivity contribution in [3.63, 3.8) is 0 Å². The molecule has 4 amide bonds. The standard InChI is InChI=1S/C20H21ClN12O2/c1-9(15-11(13-6-7-26-31-13)8-10-4-2-3-5-12(10)28-15)27-16-14(21)17(32(24)18(22)34)30-20(29-16)33(25)19(23)35/h2-9H,24-25H2,1H3,(H2,22,34)(H2,23,35)(H,26,31)(H,27,29,30)/t9-/m0/s1. The van der Waals surface area contributed by atoms with Crippen LogP contribution >= 0.6 is 11.6 Å². The van der Waals surface area contributed by atoms with Crippen LogP contribution in [0, 0.1) is 0 Å². The number of carbonyl (C=O) groups is 2. The quantitative estimate of drug-likeness (QED) is 0.130. The van der Waals surface area contributed by atoms with E-state index in [-0.39, 0.29) is 22.6 Å². The van der Waals surface area contributed by atoms with Crippen molar-refractivity contribution in [3.05, 3.63) is 53.3 Å². The number of pyridine rings is 1. The summed E-state index contributed by atoms with van der Waals surface area (Å²) in [5, 5.41) is 11.9. The van der Waals surface area contributed by atoms with Gasteiger partial charge in [0.1, 0.15) is 5.02 Å². The molecule has 14 nitrogen and oxygen atoms in total. The number of hydrogen-bond donors (Lipinski definition) is 6. The summed E-state index contributed by atoms with van der Waals surface area (Å²) in [6.45, 7) is 1.81. The molecule has 0 radical (unpaired) electrons. The molecule has 0 saturated heterocycles. The number of nitrogens with two attached hydrogens (primary N) is 4. The van der Waals surface area contributed by atoms with Crippen molar-refractivity contribution in [2.45, 2.75) is 13.0 Å². The Hall–Kier alpha value is -4.53. The molecular formula is C20H21ClN12O2. The molecule has 0 unspecified atom stereocenters. The Labute approximate surface area is 203 Å². The Kier molecular flexibility index (Phi) is 6.33. The van der Waals surface area contributed by atoms with E-state index in [0.717, 1.165) is 16.5 Å². The van der Waals surface area contributed by atoms with Crippen molar-refractivity contribution >= 4 is 52.2 Å². The van der Waals surface area contributed by atoms with Crippen molar-refractivity contribution in [1.82, 2.24) is 25.1 Å². The number of para-hydroxylation sites is 1. The van der Waals surface area contributed by atoms with E-state index in [0.29, 0.717) is 21.4 Å². The zero-order valence-corrected chi connectivity index (χ0v) is 19.1. The third-order valence-electron chi connectivity index (χ3n) is 5.03. The van der Waals surface area contributed by atoms with Crippen LogP contribution in [-0.4, -0.2) is 37.2 Å². The maximum absolute atomic E-state index is 11.6. The van der Waals surface area contributed by atoms with Gasteiger partial charge >= 0.3 is 12.1 Å². The van der Waals surface area contributed by atoms with Gasteiger partial charge in [-0.1, -0.05) is 29.8 Å². The topological polar surface area (TPSA) is 224 Å². The molecule has 4 aromatic rings. The summed E-state index contributed by atoms with van der Waals surface area (Å²) in [5.41, 5.74) is 13.3. The molecule has 0 spiro atoms. The fourth-order valence-electron chi connectivity index (χ4n) is 3.34. The van der Waals surface area contributed by atoms with Crippen LogP contribution in [0.2, 0.25) is 5.02 Å². The molecule has 0 fully saturated rings. The van der Waals surface area contributed by atoms with E-state index in [1.54, 1.807) is 6.20 Å². The number of nitrogens with zero attached hydrogens (tertiary/aromatic N) is 6. The van der Waals surface area contributed by atoms with E-state index >= 15 is 0 Å². The number of benzene rings is 1. The SMILES string of the molecule is C[C@H](Nc1nc(N(N)C(N)=O)nc(N(N)C(N)=O)c1Cl)c1nc2ccccc2cc1-c1cc[nH]n1. The van der Waals surface area contributed by atoms with Crippen molar-refractivity contribution in [2.24, 2.45) is 23.2 Å². The Morgan fingerprint density at radius 1 is 1.06 bits per heavy atom. The highest BCUT2D eigenvalue weighted by atomic mass is 35.5. The van der Waals surface area contributed by atoms with E-state index in [1.807, 2.05) is 43.3 Å². The predicted octanol–water partition coefficient (Wildman–Crippen LogP) is 1.76. The van der Waals surface area contributed by atoms with E-state index in [4.69, 9.17) is 39.7 Å². The smallest absolute Gasteiger partial charge is 0.336 e. The minimum Gasteiger partial charge on any atom is -0.360 e. The van der Waals surface area contributed by atoms with Gasteiger partial charge in [-0.25, -0.2) is 31.3 Å². The molecule has 0 aliphatic rings. The predicted molar refractivity (Wildman–Crippen MR) is 131 cm³/mol. The van der Waals surface area contributed by atoms with E-state index in [2.05, 4.69) is 25.5 Å². The lowest BCUT2D eigenvalue weighted by atomic mass is 10.0. The summed E-state index contributed by atoms with van der Waals surface area (Å²) >= 11 is 6.44. The van der Waals surface area contributed by atoms with E-state index in [1.165, 1.54) is 0 Å². The zero-order valence-electron chi connectivity index (χ0n) is 18.3. The Balaban J connectivity index is 1.82. The number of rotatable bonds is 6. The molecule has 0 aliphatic heterocycles. The first-order chi connectivity index (χ1) is 16.7. The van der Waals surface area contributed by atoms with Gasteiger partial charge in [0.15, 0.2) is 11.6 Å². The van der Waals surface area contributed by atoms with Gasteiger partial charge in [0.05, 0.1) is 22.9 Å². The molecule has 0 bridgehead atoms. The van der Waals surface area contributed by atoms with E-state index in [9.17, 15) is 9.59 Å². The number of aromatic nitrogens is 5. The molecule has 0 aliphatic carbocycles. The average molecular weight is 497 g/mol. The summed E-state index contributed by atoms with van der Waals surface area (Å²) in [5.74, 6) is 10.7. The molecule has 10 N–H and O–H groups in total. The number of halogens is 1. The third kappa shape index (κ3) is 4.61. The molecule has 3 aromatic heterocycles. The molecule has 35 heavy (non-hydrogen) atoms. The first-order valence-corrected chi connectivity index (χ1v) is 10.5. The fourth-order valence-corrected chi connectivity index (χ4v) is 3.57. The van der Waals surface area contributed by atoms with Crippen LogP contribution in [0.4, 0.5) is 27.2 Å². The second-order valence-corrected chi connectivity index (χ2v) is 7.74. The van der Waals surface area contributed by atoms with Crippen molar-refractivity contribution in [2.75, 3.05) is 15.3 Å². The van der Waals surface area contributed by atoms with Gasteiger partial charge < -0.3 is 16.8 Å². The monoisotopic (exact) mass is 496 g/mol. The first kappa shape index (κ1) is 23.6. The van der Waals surface area contributed by atoms with Gasteiger partial charge in [0, 0.05) is 17.1 Å². The number of amides is 4. The number of hydrazine groups is 2. The lowest BCUT2D eigenvalue weighted by molar-refractivity contribution is 0.253. The van der Waals surface area contributed by atoms with Crippen LogP contribution in [0.3, 0.4) is 0 Å². The number of fused-ring (bicyclic) bond motifs is 1. The summed E-state index contributed by atoms with van der Waals surface area (Å²) < 4.78 is 0. The molecule has 15 heteroatoms. The normalized spacial score (nSPS) is 11.8. The lowest BCUT2D eigenvalue weighted by Crippen LogP contribution is -2.45. The number of hydrogen-bond acceptors (Lipinski definition) is 9. The maximum atomic E-state index is 11.6. The fraction of sp³-hybridized carbons (Fsp3) is 0.100. The second-order valence-electron chi connectivity index (χ2n) is 7.37. The summed E-state index contributed by atoms with van der Waals surface area (Å²) in [7, 11) is 0. The molecule has 4 rings (SSSR count). The van der Waals surface area contributed by atoms with Gasteiger partial charge in [0.2, 0.25) is 0 Å². The number of primary amides is 2. The van der Waals surface area contributed by atoms with Crippen LogP contribution < -0.4 is 38.5 Å². The van der Waals surface area contributed by atoms with Crippen molar-refractivity contribution < 1.29 is 9.59 Å². The number of urea groups is 2. The average Bonchev–Trinajstić information content (AvgIpc) is 3.38. The zero-order chi connectivity index (χ0) is 25.3. The number of aromatic amines is 1. The maximum Gasteiger partial charge on any atom is 0.336 e. The molecule has 0 saturated carbocycles. The highest BCUT2D eigenvalue weighted by Crippen LogP contribution is 2.35. The van der Waals surface area contributed by atoms with Crippen LogP contribution in [-0.2, 0) is 0 Å². The number of nitrogens with one attached hydrogen (secondary N) is 2. The highest BCUT2D eigenvalue weighted by Gasteiger charge is 2.25. The molecule has 1 aromatic carbocycles. The summed E-state index contributed by atoms with van der Waals surface area (Å²) in [6.07, 6.45) is 1.70.